The van der Waals surface area contributed by atoms with Gasteiger partial charge < -0.3 is 0 Å². The number of Topliss-reactive ketones (excluding diaryl/α,β-unsaturated/α-hetero) is 1. The molecule has 0 aromatic heterocycles. The second kappa shape index (κ2) is 8.33. The van der Waals surface area contributed by atoms with Gasteiger partial charge >= 0.3 is 0 Å². The van der Waals surface area contributed by atoms with Crippen LogP contribution in [-0.2, 0) is 4.79 Å². The predicted molar refractivity (Wildman–Crippen MR) is 81.2 cm³/mol. The summed E-state index contributed by atoms with van der Waals surface area (Å²) in [6.07, 6.45) is 3.73. The number of hydrogen-bond acceptors (Lipinski definition) is 1. The van der Waals surface area contributed by atoms with E-state index in [1.165, 1.54) is 0 Å². The first-order chi connectivity index (χ1) is 5.76. The van der Waals surface area contributed by atoms with Crippen LogP contribution in [0, 0.1) is 17.3 Å². The molecule has 5 radical (unpaired) electrons. The van der Waals surface area contributed by atoms with Crippen LogP contribution in [-0.4, -0.2) is 29.7 Å². The normalized spacial score (nSPS) is 20.7. The maximum atomic E-state index is 12.1. The Morgan fingerprint density at radius 2 is 1.47 bits per heavy atom. The quantitative estimate of drug-likeness (QED) is 0.459. The average molecular weight is 346 g/mol. The van der Waals surface area contributed by atoms with Gasteiger partial charge in [-0.25, -0.2) is 0 Å². The van der Waals surface area contributed by atoms with Gasteiger partial charge in [0.1, 0.15) is 5.78 Å². The molecule has 0 N–H and O–H groups in total. The first-order valence-corrected chi connectivity index (χ1v) is 4.82. The van der Waals surface area contributed by atoms with Crippen LogP contribution in [0.1, 0.15) is 62.8 Å². The zero-order valence-corrected chi connectivity index (χ0v) is 12.5. The van der Waals surface area contributed by atoms with Gasteiger partial charge in [0.15, 0.2) is 0 Å². The summed E-state index contributed by atoms with van der Waals surface area (Å²) >= 11 is 0. The Hall–Kier alpha value is 0.209. The Labute approximate surface area is 126 Å². The molecule has 0 bridgehead atoms. The smallest absolute Gasteiger partial charge is 0.144 e. The van der Waals surface area contributed by atoms with Crippen LogP contribution in [0.25, 0.3) is 0 Å². The summed E-state index contributed by atoms with van der Waals surface area (Å²) in [4.78, 5) is 12.1. The summed E-state index contributed by atoms with van der Waals surface area (Å²) in [6.45, 7) is 12.0. The van der Waals surface area contributed by atoms with E-state index in [0.717, 1.165) is 18.4 Å². The Kier molecular flexibility index (Phi) is 12.7. The van der Waals surface area contributed by atoms with Gasteiger partial charge in [-0.1, -0.05) is 62.1 Å². The van der Waals surface area contributed by atoms with Crippen LogP contribution >= 0.6 is 0 Å². The van der Waals surface area contributed by atoms with Crippen LogP contribution in [0.15, 0.2) is 12.2 Å². The maximum absolute atomic E-state index is 12.1. The Balaban J connectivity index is -0.000000211. The molecule has 0 saturated heterocycles. The van der Waals surface area contributed by atoms with Crippen molar-refractivity contribution >= 4 is 29.7 Å². The van der Waals surface area contributed by atoms with E-state index in [4.69, 9.17) is 0 Å². The zero-order valence-electron chi connectivity index (χ0n) is 9.61. The van der Waals surface area contributed by atoms with Crippen molar-refractivity contribution in [1.82, 2.24) is 0 Å². The van der Waals surface area contributed by atoms with E-state index in [0.29, 0.717) is 5.78 Å². The SMILES string of the molecule is C.C.C.C=C1[CH]CC(C)(C)C(=O)C(C)(C)C1.[Sn]. The van der Waals surface area contributed by atoms with Crippen molar-refractivity contribution in [1.29, 1.82) is 0 Å². The summed E-state index contributed by atoms with van der Waals surface area (Å²) in [7, 11) is 0. The third kappa shape index (κ3) is 6.08. The Morgan fingerprint density at radius 3 is 1.88 bits per heavy atom. The first kappa shape index (κ1) is 25.9. The molecular formula is C15H31OSn. The van der Waals surface area contributed by atoms with Gasteiger partial charge in [0.25, 0.3) is 0 Å². The minimum Gasteiger partial charge on any atom is -0.298 e. The molecule has 1 aliphatic rings. The number of ketones is 1. The second-order valence-electron chi connectivity index (χ2n) is 5.34. The van der Waals surface area contributed by atoms with Crippen LogP contribution in [0.4, 0.5) is 0 Å². The fourth-order valence-electron chi connectivity index (χ4n) is 2.13. The van der Waals surface area contributed by atoms with Crippen molar-refractivity contribution in [3.63, 3.8) is 0 Å². The van der Waals surface area contributed by atoms with E-state index >= 15 is 0 Å². The summed E-state index contributed by atoms with van der Waals surface area (Å²) in [5.41, 5.74) is 0.639. The molecule has 0 atom stereocenters. The Morgan fingerprint density at radius 1 is 1.06 bits per heavy atom. The molecule has 0 spiro atoms. The van der Waals surface area contributed by atoms with Crippen LogP contribution < -0.4 is 0 Å². The van der Waals surface area contributed by atoms with Crippen molar-refractivity contribution < 1.29 is 4.79 Å². The van der Waals surface area contributed by atoms with Gasteiger partial charge in [0.05, 0.1) is 0 Å². The third-order valence-corrected chi connectivity index (χ3v) is 2.80. The molecule has 2 heteroatoms. The largest absolute Gasteiger partial charge is 0.298 e. The molecule has 17 heavy (non-hydrogen) atoms. The molecule has 0 amide bonds. The second-order valence-corrected chi connectivity index (χ2v) is 5.34. The number of hydrogen-bond donors (Lipinski definition) is 0. The zero-order chi connectivity index (χ0) is 10.3. The molecule has 1 aliphatic carbocycles. The summed E-state index contributed by atoms with van der Waals surface area (Å²) < 4.78 is 0. The predicted octanol–water partition coefficient (Wildman–Crippen LogP) is 4.69. The molecule has 1 rings (SSSR count). The molecule has 0 aromatic carbocycles. The summed E-state index contributed by atoms with van der Waals surface area (Å²) in [6, 6.07) is 0. The van der Waals surface area contributed by atoms with Crippen molar-refractivity contribution in [2.75, 3.05) is 0 Å². The number of allylic oxidation sites excluding steroid dienone is 1. The van der Waals surface area contributed by atoms with E-state index in [2.05, 4.69) is 13.0 Å². The van der Waals surface area contributed by atoms with Crippen molar-refractivity contribution in [2.24, 2.45) is 10.8 Å². The van der Waals surface area contributed by atoms with E-state index in [-0.39, 0.29) is 57.0 Å². The molecule has 0 unspecified atom stereocenters. The number of carbonyl (C=O) groups is 1. The van der Waals surface area contributed by atoms with Crippen molar-refractivity contribution in [3.05, 3.63) is 18.6 Å². The Bertz CT molecular complexity index is 252. The molecule has 1 saturated carbocycles. The first-order valence-electron chi connectivity index (χ1n) is 4.82. The van der Waals surface area contributed by atoms with Crippen LogP contribution in [0.3, 0.4) is 0 Å². The molecule has 1 fully saturated rings. The van der Waals surface area contributed by atoms with Crippen molar-refractivity contribution in [2.45, 2.75) is 62.8 Å². The minimum absolute atomic E-state index is 0. The maximum Gasteiger partial charge on any atom is 0.144 e. The third-order valence-electron chi connectivity index (χ3n) is 2.80. The summed E-state index contributed by atoms with van der Waals surface area (Å²) in [5.74, 6) is 0.356. The van der Waals surface area contributed by atoms with Gasteiger partial charge in [-0.15, -0.1) is 0 Å². The van der Waals surface area contributed by atoms with Crippen LogP contribution in [0.5, 0.6) is 0 Å². The monoisotopic (exact) mass is 347 g/mol. The molecule has 101 valence electrons. The summed E-state index contributed by atoms with van der Waals surface area (Å²) in [5, 5.41) is 0. The van der Waals surface area contributed by atoms with Gasteiger partial charge in [0.2, 0.25) is 0 Å². The molecule has 0 heterocycles. The standard InChI is InChI=1S/C12H19O.3CH4.Sn/c1-9-6-7-11(2,3)10(13)12(4,5)8-9;;;;/h6H,1,7-8H2,2-5H3;3*1H4;. The van der Waals surface area contributed by atoms with Crippen molar-refractivity contribution in [3.8, 4) is 0 Å². The van der Waals surface area contributed by atoms with Gasteiger partial charge in [0, 0.05) is 34.7 Å². The number of carbonyl (C=O) groups excluding carboxylic acids is 1. The van der Waals surface area contributed by atoms with Gasteiger partial charge in [-0.3, -0.25) is 4.79 Å². The van der Waals surface area contributed by atoms with Gasteiger partial charge in [-0.05, 0) is 19.3 Å². The van der Waals surface area contributed by atoms with E-state index in [9.17, 15) is 4.79 Å². The van der Waals surface area contributed by atoms with Crippen LogP contribution in [0.2, 0.25) is 0 Å². The van der Waals surface area contributed by atoms with E-state index in [1.54, 1.807) is 0 Å². The fraction of sp³-hybridized carbons (Fsp3) is 0.733. The molecule has 0 aliphatic heterocycles. The minimum atomic E-state index is -0.242. The molecular weight excluding hydrogens is 315 g/mol. The van der Waals surface area contributed by atoms with E-state index in [1.807, 2.05) is 27.7 Å². The average Bonchev–Trinajstić information content (AvgIpc) is 2.03. The van der Waals surface area contributed by atoms with Gasteiger partial charge in [-0.2, -0.15) is 0 Å². The number of rotatable bonds is 0. The topological polar surface area (TPSA) is 17.1 Å². The fourth-order valence-corrected chi connectivity index (χ4v) is 2.13. The van der Waals surface area contributed by atoms with E-state index < -0.39 is 0 Å². The molecule has 1 nitrogen and oxygen atoms in total. The molecule has 0 aromatic rings.